The first-order valence-corrected chi connectivity index (χ1v) is 13.8. The lowest BCUT2D eigenvalue weighted by molar-refractivity contribution is -0.973. The molecule has 3 nitrogen and oxygen atoms in total. The van der Waals surface area contributed by atoms with E-state index >= 15 is 0 Å². The van der Waals surface area contributed by atoms with E-state index in [0.717, 1.165) is 13.0 Å². The summed E-state index contributed by atoms with van der Waals surface area (Å²) in [6.45, 7) is 7.88. The molecule has 2 aliphatic heterocycles. The van der Waals surface area contributed by atoms with Crippen LogP contribution in [0.2, 0.25) is 0 Å². The van der Waals surface area contributed by atoms with Crippen molar-refractivity contribution in [2.24, 2.45) is 5.92 Å². The molecule has 1 atom stereocenters. The van der Waals surface area contributed by atoms with Gasteiger partial charge in [0.2, 0.25) is 11.4 Å². The Balaban J connectivity index is 1.49. The van der Waals surface area contributed by atoms with Crippen LogP contribution in [0.5, 0.6) is 0 Å². The molecule has 0 saturated heterocycles. The average Bonchev–Trinajstić information content (AvgIpc) is 3.39. The van der Waals surface area contributed by atoms with Crippen LogP contribution in [0.4, 0.5) is 0 Å². The zero-order chi connectivity index (χ0) is 25.6. The minimum atomic E-state index is -0.342. The first kappa shape index (κ1) is 21.8. The first-order valence-electron chi connectivity index (χ1n) is 13.8. The fourth-order valence-corrected chi connectivity index (χ4v) is 7.33. The van der Waals surface area contributed by atoms with Gasteiger partial charge in [-0.25, -0.2) is 0 Å². The Bertz CT molecular complexity index is 1930. The summed E-state index contributed by atoms with van der Waals surface area (Å²) in [5.74, 6) is 0.570. The number of para-hydroxylation sites is 1. The van der Waals surface area contributed by atoms with Crippen molar-refractivity contribution < 1.29 is 9.13 Å². The Morgan fingerprint density at radius 1 is 0.763 bits per heavy atom. The predicted molar refractivity (Wildman–Crippen MR) is 153 cm³/mol. The molecule has 0 aliphatic carbocycles. The van der Waals surface area contributed by atoms with Gasteiger partial charge in [0.05, 0.1) is 11.1 Å². The van der Waals surface area contributed by atoms with E-state index in [9.17, 15) is 0 Å². The maximum absolute atomic E-state index is 2.58. The van der Waals surface area contributed by atoms with E-state index in [1.165, 1.54) is 61.1 Å². The summed E-state index contributed by atoms with van der Waals surface area (Å²) in [6, 6.07) is 36.3. The highest BCUT2D eigenvalue weighted by atomic mass is 15.3. The number of aryl methyl sites for hydroxylation is 1. The molecular weight excluding hydrogens is 462 g/mol. The van der Waals surface area contributed by atoms with E-state index in [4.69, 9.17) is 0 Å². The molecule has 3 aromatic heterocycles. The van der Waals surface area contributed by atoms with Crippen LogP contribution in [0.1, 0.15) is 30.7 Å². The lowest BCUT2D eigenvalue weighted by Crippen LogP contribution is -2.76. The van der Waals surface area contributed by atoms with Crippen molar-refractivity contribution in [3.05, 3.63) is 120 Å². The SMILES string of the molecule is Cc1cccc2[n+]1C1(Cc3cc4c5ccccc5n(CC(C)C)c4cc3-c3cccc[n+]31)c1ccccc1-2. The summed E-state index contributed by atoms with van der Waals surface area (Å²) in [7, 11) is 0. The normalized spacial score (nSPS) is 17.2. The summed E-state index contributed by atoms with van der Waals surface area (Å²) in [5, 5.41) is 2.71. The van der Waals surface area contributed by atoms with Gasteiger partial charge in [-0.15, -0.1) is 9.13 Å². The maximum atomic E-state index is 2.58. The van der Waals surface area contributed by atoms with Gasteiger partial charge in [-0.05, 0) is 53.9 Å². The fraction of sp³-hybridized carbons (Fsp3) is 0.200. The van der Waals surface area contributed by atoms with Crippen LogP contribution >= 0.6 is 0 Å². The van der Waals surface area contributed by atoms with Gasteiger partial charge in [-0.3, -0.25) is 0 Å². The minimum absolute atomic E-state index is 0.342. The number of aromatic nitrogens is 3. The summed E-state index contributed by atoms with van der Waals surface area (Å²) in [5.41, 5.74) is 11.6. The Morgan fingerprint density at radius 2 is 1.55 bits per heavy atom. The molecular formula is C35H31N3+2. The maximum Gasteiger partial charge on any atom is 0.393 e. The number of hydrogen-bond acceptors (Lipinski definition) is 0. The van der Waals surface area contributed by atoms with Gasteiger partial charge >= 0.3 is 5.66 Å². The molecule has 0 fully saturated rings. The van der Waals surface area contributed by atoms with Crippen LogP contribution in [-0.2, 0) is 18.6 Å². The van der Waals surface area contributed by atoms with E-state index in [2.05, 4.69) is 138 Å². The molecule has 0 saturated carbocycles. The molecule has 1 unspecified atom stereocenters. The van der Waals surface area contributed by atoms with Crippen LogP contribution in [0.25, 0.3) is 44.3 Å². The van der Waals surface area contributed by atoms with Gasteiger partial charge in [-0.2, -0.15) is 0 Å². The smallest absolute Gasteiger partial charge is 0.340 e. The Labute approximate surface area is 223 Å². The standard InChI is InChI=1S/C35H31N3/c1-23(2)22-36-31-15-7-5-12-26(31)29-19-25-21-35(37-18-9-8-16-32(37)28(25)20-34(29)36)30-14-6-4-13-27(30)33-17-10-11-24(3)38(33)35/h4-20,23H,21-22H2,1-3H3/q+2. The van der Waals surface area contributed by atoms with E-state index in [0.29, 0.717) is 5.92 Å². The van der Waals surface area contributed by atoms with Crippen molar-refractivity contribution in [1.82, 2.24) is 4.57 Å². The van der Waals surface area contributed by atoms with Crippen LogP contribution < -0.4 is 9.13 Å². The number of benzene rings is 3. The highest BCUT2D eigenvalue weighted by Gasteiger charge is 2.63. The molecule has 6 aromatic rings. The summed E-state index contributed by atoms with van der Waals surface area (Å²) < 4.78 is 7.65. The van der Waals surface area contributed by atoms with Gasteiger partial charge in [0.15, 0.2) is 11.9 Å². The molecule has 1 spiro atoms. The zero-order valence-electron chi connectivity index (χ0n) is 22.1. The molecule has 8 rings (SSSR count). The predicted octanol–water partition coefficient (Wildman–Crippen LogP) is 6.79. The van der Waals surface area contributed by atoms with Crippen molar-refractivity contribution in [3.8, 4) is 22.5 Å². The second-order valence-electron chi connectivity index (χ2n) is 11.4. The summed E-state index contributed by atoms with van der Waals surface area (Å²) in [4.78, 5) is 0. The molecule has 3 heteroatoms. The third-order valence-corrected chi connectivity index (χ3v) is 8.71. The van der Waals surface area contributed by atoms with E-state index in [1.807, 2.05) is 0 Å². The van der Waals surface area contributed by atoms with Gasteiger partial charge in [0.1, 0.15) is 12.0 Å². The van der Waals surface area contributed by atoms with Crippen molar-refractivity contribution in [2.75, 3.05) is 0 Å². The van der Waals surface area contributed by atoms with Crippen LogP contribution in [0, 0.1) is 12.8 Å². The number of rotatable bonds is 2. The molecule has 2 aliphatic rings. The van der Waals surface area contributed by atoms with E-state index < -0.39 is 0 Å². The quantitative estimate of drug-likeness (QED) is 0.236. The minimum Gasteiger partial charge on any atom is -0.340 e. The molecule has 5 heterocycles. The molecule has 0 radical (unpaired) electrons. The van der Waals surface area contributed by atoms with Gasteiger partial charge < -0.3 is 4.57 Å². The number of nitrogens with zero attached hydrogens (tertiary/aromatic N) is 3. The van der Waals surface area contributed by atoms with Crippen molar-refractivity contribution >= 4 is 21.8 Å². The highest BCUT2D eigenvalue weighted by Crippen LogP contribution is 2.44. The monoisotopic (exact) mass is 493 g/mol. The van der Waals surface area contributed by atoms with Gasteiger partial charge in [0.25, 0.3) is 0 Å². The Morgan fingerprint density at radius 3 is 2.45 bits per heavy atom. The van der Waals surface area contributed by atoms with Gasteiger partial charge in [-0.1, -0.05) is 44.2 Å². The Hall–Kier alpha value is -4.24. The average molecular weight is 494 g/mol. The molecule has 3 aromatic carbocycles. The van der Waals surface area contributed by atoms with Crippen LogP contribution in [0.3, 0.4) is 0 Å². The second kappa shape index (κ2) is 7.64. The lowest BCUT2D eigenvalue weighted by Gasteiger charge is -2.28. The number of hydrogen-bond donors (Lipinski definition) is 0. The van der Waals surface area contributed by atoms with Crippen LogP contribution in [0.15, 0.2) is 103 Å². The number of pyridine rings is 2. The zero-order valence-corrected chi connectivity index (χ0v) is 22.1. The van der Waals surface area contributed by atoms with Crippen molar-refractivity contribution in [1.29, 1.82) is 0 Å². The lowest BCUT2D eigenvalue weighted by atomic mass is 9.83. The third kappa shape index (κ3) is 2.69. The second-order valence-corrected chi connectivity index (χ2v) is 11.4. The fourth-order valence-electron chi connectivity index (χ4n) is 7.33. The largest absolute Gasteiger partial charge is 0.393 e. The topological polar surface area (TPSA) is 12.7 Å². The van der Waals surface area contributed by atoms with Crippen LogP contribution in [-0.4, -0.2) is 4.57 Å². The molecule has 0 bridgehead atoms. The molecule has 38 heavy (non-hydrogen) atoms. The van der Waals surface area contributed by atoms with Gasteiger partial charge in [0, 0.05) is 59.5 Å². The molecule has 0 amide bonds. The molecule has 0 N–H and O–H groups in total. The first-order chi connectivity index (χ1) is 18.6. The summed E-state index contributed by atoms with van der Waals surface area (Å²) in [6.07, 6.45) is 3.20. The van der Waals surface area contributed by atoms with E-state index in [-0.39, 0.29) is 5.66 Å². The highest BCUT2D eigenvalue weighted by molar-refractivity contribution is 6.09. The number of fused-ring (bicyclic) bond motifs is 12. The molecule has 184 valence electrons. The van der Waals surface area contributed by atoms with E-state index in [1.54, 1.807) is 0 Å². The van der Waals surface area contributed by atoms with Crippen molar-refractivity contribution in [3.63, 3.8) is 0 Å². The summed E-state index contributed by atoms with van der Waals surface area (Å²) >= 11 is 0. The third-order valence-electron chi connectivity index (χ3n) is 8.71. The Kier molecular flexibility index (Phi) is 4.39. The van der Waals surface area contributed by atoms with Crippen molar-refractivity contribution in [2.45, 2.75) is 39.4 Å².